The van der Waals surface area contributed by atoms with E-state index in [2.05, 4.69) is 4.18 Å². The Morgan fingerprint density at radius 2 is 1.23 bits per heavy atom. The van der Waals surface area contributed by atoms with Gasteiger partial charge in [0.15, 0.2) is 0 Å². The van der Waals surface area contributed by atoms with Crippen LogP contribution in [-0.4, -0.2) is 52.6 Å². The van der Waals surface area contributed by atoms with E-state index in [1.54, 1.807) is 54.7 Å². The molecule has 0 aromatic heterocycles. The molecule has 244 valence electrons. The largest absolute Gasteiger partial charge is 0.478 e. The second-order valence-electron chi connectivity index (χ2n) is 10.6. The molecule has 0 saturated carbocycles. The van der Waals surface area contributed by atoms with Crippen molar-refractivity contribution in [3.63, 3.8) is 0 Å². The van der Waals surface area contributed by atoms with Crippen LogP contribution >= 0.6 is 0 Å². The topological polar surface area (TPSA) is 141 Å². The number of carbonyl (C=O) groups is 1. The lowest BCUT2D eigenvalue weighted by molar-refractivity contribution is -0.132. The van der Waals surface area contributed by atoms with Crippen LogP contribution in [0.15, 0.2) is 121 Å². The molecule has 5 atom stereocenters. The van der Waals surface area contributed by atoms with Crippen LogP contribution in [0.1, 0.15) is 53.9 Å². The molecule has 4 N–H and O–H groups in total. The third kappa shape index (κ3) is 22.2. The molecule has 0 rings (SSSR count). The van der Waals surface area contributed by atoms with Gasteiger partial charge in [-0.05, 0) is 32.1 Å². The average molecular weight is 631 g/mol. The Labute approximate surface area is 264 Å². The fraction of sp³-hybridized carbons (Fsp3) is 0.400. The molecule has 0 aliphatic rings. The van der Waals surface area contributed by atoms with E-state index in [1.807, 2.05) is 88.5 Å². The molecule has 9 heteroatoms. The Hall–Kier alpha value is -3.34. The summed E-state index contributed by atoms with van der Waals surface area (Å²) in [4.78, 5) is 10.7. The van der Waals surface area contributed by atoms with Gasteiger partial charge in [-0.2, -0.15) is 8.42 Å². The molecular weight excluding hydrogens is 580 g/mol. The highest BCUT2D eigenvalue weighted by atomic mass is 32.3. The minimum absolute atomic E-state index is 0.0733. The van der Waals surface area contributed by atoms with Crippen LogP contribution in [0.5, 0.6) is 0 Å². The second-order valence-corrected chi connectivity index (χ2v) is 11.6. The number of aliphatic hydroxyl groups excluding tert-OH is 2. The van der Waals surface area contributed by atoms with Gasteiger partial charge >= 0.3 is 16.4 Å². The summed E-state index contributed by atoms with van der Waals surface area (Å²) in [5.41, 5.74) is 0.277. The Morgan fingerprint density at radius 3 is 1.77 bits per heavy atom. The number of rotatable bonds is 21. The van der Waals surface area contributed by atoms with Crippen molar-refractivity contribution < 1.29 is 37.3 Å². The van der Waals surface area contributed by atoms with E-state index in [1.165, 1.54) is 6.92 Å². The molecule has 0 saturated heterocycles. The van der Waals surface area contributed by atoms with Crippen molar-refractivity contribution in [2.45, 2.75) is 72.2 Å². The quantitative estimate of drug-likeness (QED) is 0.0348. The van der Waals surface area contributed by atoms with Gasteiger partial charge in [-0.25, -0.2) is 8.98 Å². The molecule has 0 spiro atoms. The lowest BCUT2D eigenvalue weighted by Gasteiger charge is -2.25. The lowest BCUT2D eigenvalue weighted by atomic mass is 9.88. The summed E-state index contributed by atoms with van der Waals surface area (Å²) in [6, 6.07) is 0. The summed E-state index contributed by atoms with van der Waals surface area (Å²) >= 11 is 0. The van der Waals surface area contributed by atoms with Crippen molar-refractivity contribution in [1.82, 2.24) is 0 Å². The first-order chi connectivity index (χ1) is 20.8. The first-order valence-corrected chi connectivity index (χ1v) is 16.0. The van der Waals surface area contributed by atoms with Gasteiger partial charge in [0.1, 0.15) is 0 Å². The number of allylic oxidation sites excluding steroid dienone is 16. The molecule has 5 unspecified atom stereocenters. The molecule has 0 aromatic rings. The van der Waals surface area contributed by atoms with Crippen LogP contribution in [0.3, 0.4) is 0 Å². The summed E-state index contributed by atoms with van der Waals surface area (Å²) in [7, 11) is -4.48. The van der Waals surface area contributed by atoms with Gasteiger partial charge in [-0.3, -0.25) is 4.55 Å². The maximum absolute atomic E-state index is 10.9. The predicted octanol–water partition coefficient (Wildman–Crippen LogP) is 7.03. The highest BCUT2D eigenvalue weighted by molar-refractivity contribution is 7.80. The third-order valence-electron chi connectivity index (χ3n) is 6.40. The maximum atomic E-state index is 10.9. The first kappa shape index (κ1) is 40.7. The van der Waals surface area contributed by atoms with Crippen molar-refractivity contribution in [2.75, 3.05) is 0 Å². The molecule has 0 bridgehead atoms. The van der Waals surface area contributed by atoms with Crippen LogP contribution in [-0.2, 0) is 19.4 Å². The molecule has 0 aromatic carbocycles. The van der Waals surface area contributed by atoms with E-state index in [0.29, 0.717) is 6.42 Å². The van der Waals surface area contributed by atoms with Gasteiger partial charge in [-0.15, -0.1) is 0 Å². The van der Waals surface area contributed by atoms with Gasteiger partial charge in [0.05, 0.1) is 18.3 Å². The molecule has 0 radical (unpaired) electrons. The fourth-order valence-electron chi connectivity index (χ4n) is 3.54. The summed E-state index contributed by atoms with van der Waals surface area (Å²) in [6.07, 6.45) is 34.2. The summed E-state index contributed by atoms with van der Waals surface area (Å²) < 4.78 is 35.3. The van der Waals surface area contributed by atoms with E-state index in [9.17, 15) is 23.4 Å². The summed E-state index contributed by atoms with van der Waals surface area (Å²) in [5, 5.41) is 29.8. The predicted molar refractivity (Wildman–Crippen MR) is 179 cm³/mol. The summed E-state index contributed by atoms with van der Waals surface area (Å²) in [6.45, 7) is 8.89. The molecule has 0 fully saturated rings. The van der Waals surface area contributed by atoms with Crippen molar-refractivity contribution in [2.24, 2.45) is 17.8 Å². The van der Waals surface area contributed by atoms with Crippen LogP contribution in [0, 0.1) is 17.8 Å². The zero-order chi connectivity index (χ0) is 33.4. The number of unbranched alkanes of at least 4 members (excludes halogenated alkanes) is 1. The van der Waals surface area contributed by atoms with Crippen LogP contribution in [0.25, 0.3) is 0 Å². The Morgan fingerprint density at radius 1 is 0.727 bits per heavy atom. The number of carboxylic acid groups (broad SMARTS) is 1. The molecule has 44 heavy (non-hydrogen) atoms. The smallest absolute Gasteiger partial charge is 0.397 e. The maximum Gasteiger partial charge on any atom is 0.397 e. The van der Waals surface area contributed by atoms with Gasteiger partial charge in [-0.1, -0.05) is 143 Å². The normalized spacial score (nSPS) is 17.8. The molecule has 0 aliphatic heterocycles. The van der Waals surface area contributed by atoms with Gasteiger partial charge in [0.2, 0.25) is 0 Å². The monoisotopic (exact) mass is 630 g/mol. The highest BCUT2D eigenvalue weighted by Crippen LogP contribution is 2.19. The molecule has 0 amide bonds. The zero-order valence-electron chi connectivity index (χ0n) is 26.4. The fourth-order valence-corrected chi connectivity index (χ4v) is 4.16. The highest BCUT2D eigenvalue weighted by Gasteiger charge is 2.24. The van der Waals surface area contributed by atoms with Gasteiger partial charge < -0.3 is 15.3 Å². The van der Waals surface area contributed by atoms with E-state index in [-0.39, 0.29) is 23.3 Å². The third-order valence-corrected chi connectivity index (χ3v) is 6.89. The van der Waals surface area contributed by atoms with Crippen molar-refractivity contribution in [3.05, 3.63) is 121 Å². The minimum atomic E-state index is -4.48. The number of hydrogen-bond donors (Lipinski definition) is 4. The van der Waals surface area contributed by atoms with E-state index >= 15 is 0 Å². The zero-order valence-corrected chi connectivity index (χ0v) is 27.2. The standard InChI is InChI=1S/C35H50O8S/c1-28(2)33(43-44(40,41)42)27-23-19-15-10-8-6-7-9-14-18-22-26-32(36)31(5)34(37)29(3)24-20-16-12-11-13-17-21-25-30(4)35(38)39/h6-11,13-15,17-26,28-29,31-34,36-37H,12,16,27H2,1-5H3,(H,38,39)(H,40,41,42)/b8-6+,9-7+,13-11+,15-10+,18-14+,21-17+,23-19+,24-20+,26-22+,30-25+. The van der Waals surface area contributed by atoms with Gasteiger partial charge in [0, 0.05) is 17.4 Å². The summed E-state index contributed by atoms with van der Waals surface area (Å²) in [5.74, 6) is -1.48. The molecule has 0 aliphatic carbocycles. The molecule has 8 nitrogen and oxygen atoms in total. The number of carboxylic acids is 1. The molecule has 0 heterocycles. The lowest BCUT2D eigenvalue weighted by Crippen LogP contribution is -2.32. The molecular formula is C35H50O8S. The van der Waals surface area contributed by atoms with Crippen molar-refractivity contribution in [1.29, 1.82) is 0 Å². The number of hydrogen-bond acceptors (Lipinski definition) is 6. The van der Waals surface area contributed by atoms with Crippen LogP contribution in [0.2, 0.25) is 0 Å². The van der Waals surface area contributed by atoms with E-state index in [4.69, 9.17) is 9.66 Å². The Kier molecular flexibility index (Phi) is 22.2. The van der Waals surface area contributed by atoms with E-state index < -0.39 is 34.7 Å². The van der Waals surface area contributed by atoms with E-state index in [0.717, 1.165) is 12.8 Å². The van der Waals surface area contributed by atoms with Crippen LogP contribution < -0.4 is 0 Å². The van der Waals surface area contributed by atoms with Crippen molar-refractivity contribution in [3.8, 4) is 0 Å². The van der Waals surface area contributed by atoms with Crippen molar-refractivity contribution >= 4 is 16.4 Å². The second kappa shape index (κ2) is 24.0. The Bertz CT molecular complexity index is 1230. The first-order valence-electron chi connectivity index (χ1n) is 14.7. The number of aliphatic carboxylic acids is 1. The average Bonchev–Trinajstić information content (AvgIpc) is 2.95. The minimum Gasteiger partial charge on any atom is -0.478 e. The number of aliphatic hydroxyl groups is 2. The SMILES string of the molecule is C\C(=C/C=C/C=C/CC/C=C/C(C)C(O)C(C)C(O)/C=C/C=C/C=C/C=C/C=C/C=C/CC(OS(=O)(=O)O)C(C)C)C(=O)O. The Balaban J connectivity index is 4.45. The van der Waals surface area contributed by atoms with Crippen LogP contribution in [0.4, 0.5) is 0 Å². The van der Waals surface area contributed by atoms with Gasteiger partial charge in [0.25, 0.3) is 0 Å².